The minimum absolute atomic E-state index is 0.422. The fraction of sp³-hybridized carbons (Fsp3) is 0.591. The van der Waals surface area contributed by atoms with Crippen LogP contribution in [0.3, 0.4) is 0 Å². The maximum atomic E-state index is 5.45. The molecule has 2 heterocycles. The molecule has 1 fully saturated rings. The Morgan fingerprint density at radius 3 is 2.59 bits per heavy atom. The van der Waals surface area contributed by atoms with Crippen LogP contribution in [-0.4, -0.2) is 61.3 Å². The number of hydrogen-bond donors (Lipinski definition) is 0. The molecule has 1 saturated heterocycles. The van der Waals surface area contributed by atoms with Crippen LogP contribution in [0.4, 0.5) is 5.69 Å². The van der Waals surface area contributed by atoms with Gasteiger partial charge in [-0.15, -0.1) is 0 Å². The Bertz CT molecular complexity index is 704. The molecule has 0 atom stereocenters. The van der Waals surface area contributed by atoms with E-state index in [0.717, 1.165) is 50.7 Å². The van der Waals surface area contributed by atoms with Gasteiger partial charge in [0.15, 0.2) is 5.76 Å². The summed E-state index contributed by atoms with van der Waals surface area (Å²) in [6.07, 6.45) is 1.19. The molecule has 5 heteroatoms. The number of piperazine rings is 1. The highest BCUT2D eigenvalue weighted by Gasteiger charge is 2.17. The number of aryl methyl sites for hydroxylation is 1. The third-order valence-corrected chi connectivity index (χ3v) is 5.35. The van der Waals surface area contributed by atoms with Crippen molar-refractivity contribution >= 4 is 5.69 Å². The summed E-state index contributed by atoms with van der Waals surface area (Å²) < 4.78 is 5.45. The number of nitrogens with zero attached hydrogens (tertiary/aromatic N) is 4. The number of rotatable bonds is 8. The zero-order valence-electron chi connectivity index (χ0n) is 17.3. The summed E-state index contributed by atoms with van der Waals surface area (Å²) in [7, 11) is 2.16. The lowest BCUT2D eigenvalue weighted by Gasteiger charge is -2.36. The van der Waals surface area contributed by atoms with Gasteiger partial charge in [-0.25, -0.2) is 0 Å². The van der Waals surface area contributed by atoms with Crippen molar-refractivity contribution in [2.75, 3.05) is 51.2 Å². The predicted octanol–water partition coefficient (Wildman–Crippen LogP) is 3.75. The molecule has 2 aromatic rings. The normalized spacial score (nSPS) is 15.9. The molecule has 1 aliphatic heterocycles. The molecule has 0 aliphatic carbocycles. The quantitative estimate of drug-likeness (QED) is 0.707. The first kappa shape index (κ1) is 19.9. The summed E-state index contributed by atoms with van der Waals surface area (Å²) in [6.45, 7) is 14.1. The summed E-state index contributed by atoms with van der Waals surface area (Å²) in [5, 5.41) is 4.15. The largest absolute Gasteiger partial charge is 0.369 e. The topological polar surface area (TPSA) is 35.8 Å². The van der Waals surface area contributed by atoms with Gasteiger partial charge in [-0.2, -0.15) is 0 Å². The summed E-state index contributed by atoms with van der Waals surface area (Å²) in [6, 6.07) is 10.9. The first-order valence-corrected chi connectivity index (χ1v) is 10.2. The van der Waals surface area contributed by atoms with E-state index in [-0.39, 0.29) is 0 Å². The van der Waals surface area contributed by atoms with Gasteiger partial charge in [0.25, 0.3) is 0 Å². The van der Waals surface area contributed by atoms with Crippen molar-refractivity contribution in [2.45, 2.75) is 39.7 Å². The van der Waals surface area contributed by atoms with Crippen LogP contribution >= 0.6 is 0 Å². The standard InChI is InChI=1S/C22H34N4O/c1-18(2)22-16-21(27-23-22)17-24(4)9-6-10-25-11-13-26(14-12-25)20-8-5-7-19(3)15-20/h5,7-8,15-16,18H,6,9-14,17H2,1-4H3. The van der Waals surface area contributed by atoms with Crippen molar-refractivity contribution in [1.82, 2.24) is 15.0 Å². The van der Waals surface area contributed by atoms with Crippen molar-refractivity contribution in [3.8, 4) is 0 Å². The highest BCUT2D eigenvalue weighted by Crippen LogP contribution is 2.18. The molecule has 3 rings (SSSR count). The van der Waals surface area contributed by atoms with E-state index in [1.807, 2.05) is 0 Å². The van der Waals surface area contributed by atoms with Crippen LogP contribution < -0.4 is 4.90 Å². The van der Waals surface area contributed by atoms with Crippen LogP contribution in [0.25, 0.3) is 0 Å². The van der Waals surface area contributed by atoms with Crippen LogP contribution in [-0.2, 0) is 6.54 Å². The number of benzene rings is 1. The number of hydrogen-bond acceptors (Lipinski definition) is 5. The van der Waals surface area contributed by atoms with Crippen LogP contribution in [0.1, 0.15) is 43.2 Å². The molecule has 0 amide bonds. The van der Waals surface area contributed by atoms with E-state index in [9.17, 15) is 0 Å². The van der Waals surface area contributed by atoms with Crippen molar-refractivity contribution in [1.29, 1.82) is 0 Å². The summed E-state index contributed by atoms with van der Waals surface area (Å²) in [5.74, 6) is 1.39. The molecule has 0 bridgehead atoms. The van der Waals surface area contributed by atoms with Gasteiger partial charge in [-0.1, -0.05) is 31.1 Å². The van der Waals surface area contributed by atoms with Gasteiger partial charge in [0.1, 0.15) is 0 Å². The fourth-order valence-electron chi connectivity index (χ4n) is 3.64. The van der Waals surface area contributed by atoms with E-state index in [1.165, 1.54) is 24.2 Å². The van der Waals surface area contributed by atoms with Gasteiger partial charge < -0.3 is 9.42 Å². The summed E-state index contributed by atoms with van der Waals surface area (Å²) in [4.78, 5) is 7.42. The van der Waals surface area contributed by atoms with E-state index in [1.54, 1.807) is 0 Å². The first-order chi connectivity index (χ1) is 13.0. The Hall–Kier alpha value is -1.85. The van der Waals surface area contributed by atoms with Crippen molar-refractivity contribution < 1.29 is 4.52 Å². The maximum absolute atomic E-state index is 5.45. The van der Waals surface area contributed by atoms with Gasteiger partial charge in [-0.3, -0.25) is 9.80 Å². The molecule has 0 unspecified atom stereocenters. The maximum Gasteiger partial charge on any atom is 0.150 e. The van der Waals surface area contributed by atoms with Gasteiger partial charge in [-0.05, 0) is 57.1 Å². The first-order valence-electron chi connectivity index (χ1n) is 10.2. The average molecular weight is 371 g/mol. The molecular weight excluding hydrogens is 336 g/mol. The Morgan fingerprint density at radius 2 is 1.93 bits per heavy atom. The third-order valence-electron chi connectivity index (χ3n) is 5.35. The lowest BCUT2D eigenvalue weighted by atomic mass is 10.1. The van der Waals surface area contributed by atoms with Gasteiger partial charge in [0.05, 0.1) is 12.2 Å². The molecule has 1 aromatic heterocycles. The number of anilines is 1. The molecule has 1 aliphatic rings. The molecule has 0 spiro atoms. The van der Waals surface area contributed by atoms with Crippen molar-refractivity contribution in [3.63, 3.8) is 0 Å². The minimum atomic E-state index is 0.422. The molecule has 148 valence electrons. The predicted molar refractivity (Wildman–Crippen MR) is 111 cm³/mol. The zero-order valence-corrected chi connectivity index (χ0v) is 17.3. The number of aromatic nitrogens is 1. The van der Waals surface area contributed by atoms with Crippen LogP contribution in [0, 0.1) is 6.92 Å². The molecule has 1 aromatic carbocycles. The lowest BCUT2D eigenvalue weighted by Crippen LogP contribution is -2.47. The van der Waals surface area contributed by atoms with E-state index in [4.69, 9.17) is 4.52 Å². The van der Waals surface area contributed by atoms with Crippen molar-refractivity contribution in [3.05, 3.63) is 47.3 Å². The van der Waals surface area contributed by atoms with Gasteiger partial charge in [0, 0.05) is 37.9 Å². The summed E-state index contributed by atoms with van der Waals surface area (Å²) >= 11 is 0. The highest BCUT2D eigenvalue weighted by molar-refractivity contribution is 5.48. The van der Waals surface area contributed by atoms with Gasteiger partial charge >= 0.3 is 0 Å². The minimum Gasteiger partial charge on any atom is -0.369 e. The molecule has 0 saturated carbocycles. The molecule has 5 nitrogen and oxygen atoms in total. The van der Waals surface area contributed by atoms with Crippen LogP contribution in [0.2, 0.25) is 0 Å². The second-order valence-corrected chi connectivity index (χ2v) is 8.13. The zero-order chi connectivity index (χ0) is 19.2. The van der Waals surface area contributed by atoms with E-state index in [0.29, 0.717) is 5.92 Å². The van der Waals surface area contributed by atoms with Crippen molar-refractivity contribution in [2.24, 2.45) is 0 Å². The monoisotopic (exact) mass is 370 g/mol. The van der Waals surface area contributed by atoms with Crippen LogP contribution in [0.15, 0.2) is 34.9 Å². The third kappa shape index (κ3) is 5.81. The Kier molecular flexibility index (Phi) is 6.91. The average Bonchev–Trinajstić information content (AvgIpc) is 3.11. The second-order valence-electron chi connectivity index (χ2n) is 8.13. The van der Waals surface area contributed by atoms with E-state index >= 15 is 0 Å². The van der Waals surface area contributed by atoms with E-state index < -0.39 is 0 Å². The second kappa shape index (κ2) is 9.38. The Labute approximate surface area is 163 Å². The van der Waals surface area contributed by atoms with E-state index in [2.05, 4.69) is 78.0 Å². The SMILES string of the molecule is Cc1cccc(N2CCN(CCCN(C)Cc3cc(C(C)C)no3)CC2)c1. The Balaban J connectivity index is 1.35. The summed E-state index contributed by atoms with van der Waals surface area (Å²) in [5.41, 5.74) is 3.75. The lowest BCUT2D eigenvalue weighted by molar-refractivity contribution is 0.222. The fourth-order valence-corrected chi connectivity index (χ4v) is 3.64. The highest BCUT2D eigenvalue weighted by atomic mass is 16.5. The van der Waals surface area contributed by atoms with Crippen LogP contribution in [0.5, 0.6) is 0 Å². The molecule has 0 N–H and O–H groups in total. The molecular formula is C22H34N4O. The van der Waals surface area contributed by atoms with Gasteiger partial charge in [0.2, 0.25) is 0 Å². The molecule has 0 radical (unpaired) electrons. The molecule has 27 heavy (non-hydrogen) atoms. The smallest absolute Gasteiger partial charge is 0.150 e. The Morgan fingerprint density at radius 1 is 1.15 bits per heavy atom.